The monoisotopic (exact) mass is 423 g/mol. The predicted molar refractivity (Wildman–Crippen MR) is 107 cm³/mol. The SMILES string of the molecule is Cc1cc(Cn2cc3c(NCC(C)(C)O)nccc3n2)ncc1OCCC(F)(F)F. The van der Waals surface area contributed by atoms with E-state index in [0.717, 1.165) is 10.9 Å². The van der Waals surface area contributed by atoms with Gasteiger partial charge in [-0.3, -0.25) is 9.67 Å². The third-order valence-corrected chi connectivity index (χ3v) is 4.26. The number of aromatic nitrogens is 4. The van der Waals surface area contributed by atoms with Crippen LogP contribution in [0.15, 0.2) is 30.7 Å². The van der Waals surface area contributed by atoms with Gasteiger partial charge in [0.1, 0.15) is 11.6 Å². The number of alkyl halides is 3. The molecule has 3 aromatic heterocycles. The van der Waals surface area contributed by atoms with E-state index in [2.05, 4.69) is 20.4 Å². The van der Waals surface area contributed by atoms with Gasteiger partial charge in [-0.2, -0.15) is 18.3 Å². The van der Waals surface area contributed by atoms with Crippen LogP contribution >= 0.6 is 0 Å². The van der Waals surface area contributed by atoms with Crippen LogP contribution in [0.1, 0.15) is 31.5 Å². The zero-order valence-corrected chi connectivity index (χ0v) is 17.0. The fourth-order valence-electron chi connectivity index (χ4n) is 2.80. The second kappa shape index (κ2) is 8.47. The standard InChI is InChI=1S/C20H24F3N5O2/c1-13-8-14(25-9-17(13)30-7-5-20(21,22)23)10-28-11-15-16(27-28)4-6-24-18(15)26-12-19(2,3)29/h4,6,8-9,11,29H,5,7,10,12H2,1-3H3,(H,24,26). The molecule has 2 N–H and O–H groups in total. The van der Waals surface area contributed by atoms with Crippen molar-refractivity contribution in [3.05, 3.63) is 42.0 Å². The van der Waals surface area contributed by atoms with Gasteiger partial charge in [-0.05, 0) is 38.5 Å². The van der Waals surface area contributed by atoms with Crippen molar-refractivity contribution in [1.82, 2.24) is 19.7 Å². The van der Waals surface area contributed by atoms with Crippen LogP contribution in [0.3, 0.4) is 0 Å². The van der Waals surface area contributed by atoms with E-state index in [9.17, 15) is 18.3 Å². The summed E-state index contributed by atoms with van der Waals surface area (Å²) >= 11 is 0. The highest BCUT2D eigenvalue weighted by molar-refractivity contribution is 5.88. The van der Waals surface area contributed by atoms with E-state index in [0.29, 0.717) is 35.9 Å². The van der Waals surface area contributed by atoms with E-state index < -0.39 is 24.8 Å². The Morgan fingerprint density at radius 2 is 2.00 bits per heavy atom. The molecule has 3 heterocycles. The summed E-state index contributed by atoms with van der Waals surface area (Å²) in [4.78, 5) is 8.59. The first kappa shape index (κ1) is 21.8. The molecular formula is C20H24F3N5O2. The summed E-state index contributed by atoms with van der Waals surface area (Å²) in [6.07, 6.45) is -0.353. The minimum absolute atomic E-state index is 0.330. The van der Waals surface area contributed by atoms with E-state index in [1.165, 1.54) is 6.20 Å². The molecule has 0 amide bonds. The number of anilines is 1. The zero-order chi connectivity index (χ0) is 21.9. The van der Waals surface area contributed by atoms with Gasteiger partial charge in [0.2, 0.25) is 0 Å². The van der Waals surface area contributed by atoms with E-state index in [1.54, 1.807) is 43.8 Å². The number of aryl methyl sites for hydroxylation is 1. The lowest BCUT2D eigenvalue weighted by Gasteiger charge is -2.18. The van der Waals surface area contributed by atoms with Crippen LogP contribution in [-0.4, -0.2) is 49.8 Å². The Kier molecular flexibility index (Phi) is 6.16. The van der Waals surface area contributed by atoms with Crippen LogP contribution in [0.4, 0.5) is 19.0 Å². The van der Waals surface area contributed by atoms with Crippen molar-refractivity contribution in [2.24, 2.45) is 0 Å². The maximum atomic E-state index is 12.3. The molecular weight excluding hydrogens is 399 g/mol. The van der Waals surface area contributed by atoms with Crippen LogP contribution in [0, 0.1) is 6.92 Å². The van der Waals surface area contributed by atoms with E-state index in [4.69, 9.17) is 4.74 Å². The molecule has 0 saturated carbocycles. The first-order valence-electron chi connectivity index (χ1n) is 9.44. The normalized spacial score (nSPS) is 12.4. The Morgan fingerprint density at radius 1 is 1.23 bits per heavy atom. The minimum atomic E-state index is -4.25. The minimum Gasteiger partial charge on any atom is -0.491 e. The van der Waals surface area contributed by atoms with Crippen molar-refractivity contribution in [1.29, 1.82) is 0 Å². The van der Waals surface area contributed by atoms with Gasteiger partial charge in [-0.15, -0.1) is 0 Å². The fourth-order valence-corrected chi connectivity index (χ4v) is 2.80. The molecule has 0 unspecified atom stereocenters. The van der Waals surface area contributed by atoms with Gasteiger partial charge in [0, 0.05) is 18.9 Å². The number of hydrogen-bond acceptors (Lipinski definition) is 6. The zero-order valence-electron chi connectivity index (χ0n) is 17.0. The summed E-state index contributed by atoms with van der Waals surface area (Å²) in [5.74, 6) is 0.953. The van der Waals surface area contributed by atoms with E-state index >= 15 is 0 Å². The Morgan fingerprint density at radius 3 is 2.67 bits per heavy atom. The van der Waals surface area contributed by atoms with Crippen molar-refractivity contribution in [3.63, 3.8) is 0 Å². The maximum absolute atomic E-state index is 12.3. The predicted octanol–water partition coefficient (Wildman–Crippen LogP) is 3.70. The molecule has 0 radical (unpaired) electrons. The molecule has 0 aliphatic carbocycles. The number of aliphatic hydroxyl groups is 1. The smallest absolute Gasteiger partial charge is 0.392 e. The molecule has 10 heteroatoms. The van der Waals surface area contributed by atoms with Crippen LogP contribution < -0.4 is 10.1 Å². The number of rotatable bonds is 8. The topological polar surface area (TPSA) is 85.1 Å². The summed E-state index contributed by atoms with van der Waals surface area (Å²) in [5.41, 5.74) is 1.26. The summed E-state index contributed by atoms with van der Waals surface area (Å²) in [6.45, 7) is 5.44. The number of fused-ring (bicyclic) bond motifs is 1. The Labute approximate surface area is 171 Å². The molecule has 0 spiro atoms. The molecule has 0 aromatic carbocycles. The molecule has 3 rings (SSSR count). The summed E-state index contributed by atoms with van der Waals surface area (Å²) in [7, 11) is 0. The molecule has 162 valence electrons. The molecule has 0 bridgehead atoms. The average molecular weight is 423 g/mol. The summed E-state index contributed by atoms with van der Waals surface area (Å²) in [6, 6.07) is 3.55. The molecule has 0 saturated heterocycles. The van der Waals surface area contributed by atoms with Crippen LogP contribution in [0.25, 0.3) is 10.9 Å². The molecule has 0 aliphatic rings. The van der Waals surface area contributed by atoms with Crippen LogP contribution in [0.5, 0.6) is 5.75 Å². The number of nitrogens with one attached hydrogen (secondary N) is 1. The number of halogens is 3. The molecule has 0 aliphatic heterocycles. The van der Waals surface area contributed by atoms with Gasteiger partial charge in [-0.25, -0.2) is 4.98 Å². The summed E-state index contributed by atoms with van der Waals surface area (Å²) < 4.78 is 43.7. The molecule has 0 atom stereocenters. The van der Waals surface area contributed by atoms with Gasteiger partial charge >= 0.3 is 6.18 Å². The maximum Gasteiger partial charge on any atom is 0.392 e. The first-order chi connectivity index (χ1) is 14.0. The van der Waals surface area contributed by atoms with Crippen molar-refractivity contribution in [3.8, 4) is 5.75 Å². The van der Waals surface area contributed by atoms with Crippen molar-refractivity contribution in [2.75, 3.05) is 18.5 Å². The van der Waals surface area contributed by atoms with Gasteiger partial charge in [0.15, 0.2) is 0 Å². The Balaban J connectivity index is 1.71. The summed E-state index contributed by atoms with van der Waals surface area (Å²) in [5, 5.41) is 18.4. The Bertz CT molecular complexity index is 1010. The average Bonchev–Trinajstić information content (AvgIpc) is 3.03. The lowest BCUT2D eigenvalue weighted by Crippen LogP contribution is -2.29. The lowest BCUT2D eigenvalue weighted by atomic mass is 10.1. The third-order valence-electron chi connectivity index (χ3n) is 4.26. The number of ether oxygens (including phenoxy) is 1. The first-order valence-corrected chi connectivity index (χ1v) is 9.44. The van der Waals surface area contributed by atoms with Crippen molar-refractivity contribution < 1.29 is 23.0 Å². The molecule has 7 nitrogen and oxygen atoms in total. The van der Waals surface area contributed by atoms with E-state index in [-0.39, 0.29) is 0 Å². The lowest BCUT2D eigenvalue weighted by molar-refractivity contribution is -0.139. The molecule has 3 aromatic rings. The highest BCUT2D eigenvalue weighted by Crippen LogP contribution is 2.23. The highest BCUT2D eigenvalue weighted by atomic mass is 19.4. The Hall–Kier alpha value is -2.88. The number of pyridine rings is 2. The fraction of sp³-hybridized carbons (Fsp3) is 0.450. The highest BCUT2D eigenvalue weighted by Gasteiger charge is 2.27. The van der Waals surface area contributed by atoms with Gasteiger partial charge in [-0.1, -0.05) is 0 Å². The second-order valence-electron chi connectivity index (χ2n) is 7.74. The van der Waals surface area contributed by atoms with Crippen molar-refractivity contribution >= 4 is 16.7 Å². The quantitative estimate of drug-likeness (QED) is 0.575. The third kappa shape index (κ3) is 6.06. The van der Waals surface area contributed by atoms with Gasteiger partial charge < -0.3 is 15.2 Å². The van der Waals surface area contributed by atoms with Gasteiger partial charge in [0.25, 0.3) is 0 Å². The molecule has 0 fully saturated rings. The largest absolute Gasteiger partial charge is 0.491 e. The van der Waals surface area contributed by atoms with Gasteiger partial charge in [0.05, 0.1) is 48.0 Å². The molecule has 30 heavy (non-hydrogen) atoms. The number of nitrogens with zero attached hydrogens (tertiary/aromatic N) is 4. The van der Waals surface area contributed by atoms with E-state index in [1.807, 2.05) is 6.20 Å². The second-order valence-corrected chi connectivity index (χ2v) is 7.74. The van der Waals surface area contributed by atoms with Crippen molar-refractivity contribution in [2.45, 2.75) is 45.5 Å². The van der Waals surface area contributed by atoms with Crippen LogP contribution in [0.2, 0.25) is 0 Å². The van der Waals surface area contributed by atoms with Crippen LogP contribution in [-0.2, 0) is 6.54 Å². The number of hydrogen-bond donors (Lipinski definition) is 2.